The van der Waals surface area contributed by atoms with E-state index in [-0.39, 0.29) is 5.91 Å². The predicted octanol–water partition coefficient (Wildman–Crippen LogP) is 2.64. The third kappa shape index (κ3) is 3.49. The summed E-state index contributed by atoms with van der Waals surface area (Å²) in [6.07, 6.45) is 0. The molecule has 0 aliphatic rings. The van der Waals surface area contributed by atoms with Crippen molar-refractivity contribution in [3.05, 3.63) is 53.6 Å². The molecule has 0 aromatic heterocycles. The fourth-order valence-electron chi connectivity index (χ4n) is 2.03. The molecule has 0 atom stereocenters. The molecule has 116 valence electrons. The molecule has 0 heterocycles. The number of hydrogen-bond donors (Lipinski definition) is 1. The van der Waals surface area contributed by atoms with Gasteiger partial charge in [0.2, 0.25) is 5.75 Å². The summed E-state index contributed by atoms with van der Waals surface area (Å²) in [5.41, 5.74) is 1.48. The van der Waals surface area contributed by atoms with E-state index in [9.17, 15) is 4.79 Å². The van der Waals surface area contributed by atoms with Crippen LogP contribution >= 0.6 is 0 Å². The number of rotatable bonds is 6. The molecule has 0 fully saturated rings. The molecule has 0 saturated heterocycles. The highest BCUT2D eigenvalue weighted by Gasteiger charge is 2.17. The van der Waals surface area contributed by atoms with E-state index in [2.05, 4.69) is 5.32 Å². The van der Waals surface area contributed by atoms with Gasteiger partial charge in [0.25, 0.3) is 5.91 Å². The van der Waals surface area contributed by atoms with Crippen molar-refractivity contribution in [1.29, 1.82) is 0 Å². The zero-order valence-corrected chi connectivity index (χ0v) is 12.9. The third-order valence-corrected chi connectivity index (χ3v) is 3.18. The number of amides is 1. The summed E-state index contributed by atoms with van der Waals surface area (Å²) in [7, 11) is 4.62. The molecule has 0 aliphatic heterocycles. The first kappa shape index (κ1) is 15.7. The van der Waals surface area contributed by atoms with Crippen LogP contribution in [-0.4, -0.2) is 27.2 Å². The molecule has 0 saturated carbocycles. The van der Waals surface area contributed by atoms with Crippen LogP contribution in [0.1, 0.15) is 15.9 Å². The highest BCUT2D eigenvalue weighted by Crippen LogP contribution is 2.39. The van der Waals surface area contributed by atoms with Gasteiger partial charge in [-0.3, -0.25) is 4.79 Å². The molecular weight excluding hydrogens is 282 g/mol. The molecule has 0 spiro atoms. The van der Waals surface area contributed by atoms with E-state index in [0.717, 1.165) is 5.56 Å². The van der Waals surface area contributed by atoms with E-state index in [1.807, 2.05) is 30.3 Å². The second kappa shape index (κ2) is 7.36. The number of methoxy groups -OCH3 is 2. The summed E-state index contributed by atoms with van der Waals surface area (Å²) >= 11 is 0. The van der Waals surface area contributed by atoms with Gasteiger partial charge in [-0.05, 0) is 17.7 Å². The minimum Gasteiger partial charge on any atom is -0.493 e. The number of ether oxygens (including phenoxy) is 3. The van der Waals surface area contributed by atoms with Gasteiger partial charge in [0.15, 0.2) is 11.5 Å². The smallest absolute Gasteiger partial charge is 0.251 e. The van der Waals surface area contributed by atoms with Gasteiger partial charge in [0.1, 0.15) is 6.61 Å². The Balaban J connectivity index is 2.31. The van der Waals surface area contributed by atoms with Gasteiger partial charge in [0, 0.05) is 12.6 Å². The van der Waals surface area contributed by atoms with Gasteiger partial charge >= 0.3 is 0 Å². The zero-order valence-electron chi connectivity index (χ0n) is 12.9. The second-order valence-electron chi connectivity index (χ2n) is 4.56. The average Bonchev–Trinajstić information content (AvgIpc) is 2.59. The van der Waals surface area contributed by atoms with Crippen molar-refractivity contribution in [1.82, 2.24) is 5.32 Å². The van der Waals surface area contributed by atoms with Gasteiger partial charge in [-0.25, -0.2) is 0 Å². The lowest BCUT2D eigenvalue weighted by molar-refractivity contribution is 0.0962. The van der Waals surface area contributed by atoms with Gasteiger partial charge in [-0.2, -0.15) is 0 Å². The topological polar surface area (TPSA) is 56.8 Å². The Labute approximate surface area is 129 Å². The summed E-state index contributed by atoms with van der Waals surface area (Å²) in [6.45, 7) is 0.382. The summed E-state index contributed by atoms with van der Waals surface area (Å²) in [6, 6.07) is 13.0. The molecule has 5 nitrogen and oxygen atoms in total. The molecule has 1 N–H and O–H groups in total. The largest absolute Gasteiger partial charge is 0.493 e. The Morgan fingerprint density at radius 2 is 1.64 bits per heavy atom. The van der Waals surface area contributed by atoms with Crippen LogP contribution in [0.25, 0.3) is 0 Å². The SMILES string of the molecule is CNC(=O)c1cc(OC)c(OCc2ccccc2)c(OC)c1. The lowest BCUT2D eigenvalue weighted by Gasteiger charge is -2.16. The first-order valence-electron chi connectivity index (χ1n) is 6.84. The van der Waals surface area contributed by atoms with E-state index in [1.54, 1.807) is 19.2 Å². The number of nitrogens with one attached hydrogen (secondary N) is 1. The fraction of sp³-hybridized carbons (Fsp3) is 0.235. The first-order valence-corrected chi connectivity index (χ1v) is 6.84. The van der Waals surface area contributed by atoms with E-state index >= 15 is 0 Å². The summed E-state index contributed by atoms with van der Waals surface area (Å²) in [4.78, 5) is 11.8. The minimum atomic E-state index is -0.216. The van der Waals surface area contributed by atoms with Crippen LogP contribution in [0.5, 0.6) is 17.2 Å². The summed E-state index contributed by atoms with van der Waals surface area (Å²) in [5, 5.41) is 2.57. The average molecular weight is 301 g/mol. The molecule has 0 bridgehead atoms. The summed E-state index contributed by atoms with van der Waals surface area (Å²) < 4.78 is 16.5. The van der Waals surface area contributed by atoms with Crippen LogP contribution in [0.15, 0.2) is 42.5 Å². The zero-order chi connectivity index (χ0) is 15.9. The number of benzene rings is 2. The standard InChI is InChI=1S/C17H19NO4/c1-18-17(19)13-9-14(20-2)16(15(10-13)21-3)22-11-12-7-5-4-6-8-12/h4-10H,11H2,1-3H3,(H,18,19). The normalized spacial score (nSPS) is 9.95. The molecule has 0 aliphatic carbocycles. The Hall–Kier alpha value is -2.69. The van der Waals surface area contributed by atoms with Crippen molar-refractivity contribution < 1.29 is 19.0 Å². The Morgan fingerprint density at radius 3 is 2.14 bits per heavy atom. The molecule has 1 amide bonds. The third-order valence-electron chi connectivity index (χ3n) is 3.18. The lowest BCUT2D eigenvalue weighted by Crippen LogP contribution is -2.18. The van der Waals surface area contributed by atoms with Gasteiger partial charge in [-0.1, -0.05) is 30.3 Å². The van der Waals surface area contributed by atoms with E-state index in [1.165, 1.54) is 14.2 Å². The number of carbonyl (C=O) groups is 1. The Morgan fingerprint density at radius 1 is 1.05 bits per heavy atom. The summed E-state index contributed by atoms with van der Waals surface area (Å²) in [5.74, 6) is 1.16. The molecule has 0 unspecified atom stereocenters. The highest BCUT2D eigenvalue weighted by molar-refractivity contribution is 5.95. The van der Waals surface area contributed by atoms with Gasteiger partial charge < -0.3 is 19.5 Å². The fourth-order valence-corrected chi connectivity index (χ4v) is 2.03. The molecule has 2 rings (SSSR count). The van der Waals surface area contributed by atoms with Crippen LogP contribution in [0.3, 0.4) is 0 Å². The van der Waals surface area contributed by atoms with E-state index < -0.39 is 0 Å². The van der Waals surface area contributed by atoms with Gasteiger partial charge in [-0.15, -0.1) is 0 Å². The molecule has 22 heavy (non-hydrogen) atoms. The van der Waals surface area contributed by atoms with Crippen LogP contribution in [0.2, 0.25) is 0 Å². The van der Waals surface area contributed by atoms with E-state index in [0.29, 0.717) is 29.4 Å². The van der Waals surface area contributed by atoms with Crippen LogP contribution in [0.4, 0.5) is 0 Å². The van der Waals surface area contributed by atoms with Gasteiger partial charge in [0.05, 0.1) is 14.2 Å². The number of hydrogen-bond acceptors (Lipinski definition) is 4. The van der Waals surface area contributed by atoms with Crippen LogP contribution < -0.4 is 19.5 Å². The quantitative estimate of drug-likeness (QED) is 0.891. The first-order chi connectivity index (χ1) is 10.7. The minimum absolute atomic E-state index is 0.216. The molecule has 5 heteroatoms. The monoisotopic (exact) mass is 301 g/mol. The maximum Gasteiger partial charge on any atom is 0.251 e. The molecule has 0 radical (unpaired) electrons. The molecular formula is C17H19NO4. The second-order valence-corrected chi connectivity index (χ2v) is 4.56. The van der Waals surface area contributed by atoms with Crippen LogP contribution in [0, 0.1) is 0 Å². The van der Waals surface area contributed by atoms with Crippen LogP contribution in [-0.2, 0) is 6.61 Å². The van der Waals surface area contributed by atoms with Crippen molar-refractivity contribution in [3.63, 3.8) is 0 Å². The van der Waals surface area contributed by atoms with E-state index in [4.69, 9.17) is 14.2 Å². The van der Waals surface area contributed by atoms with Crippen molar-refractivity contribution in [2.24, 2.45) is 0 Å². The van der Waals surface area contributed by atoms with Crippen molar-refractivity contribution >= 4 is 5.91 Å². The predicted molar refractivity (Wildman–Crippen MR) is 83.7 cm³/mol. The Kier molecular flexibility index (Phi) is 5.25. The maximum absolute atomic E-state index is 11.8. The van der Waals surface area contributed by atoms with Crippen molar-refractivity contribution in [3.8, 4) is 17.2 Å². The van der Waals surface area contributed by atoms with Crippen molar-refractivity contribution in [2.45, 2.75) is 6.61 Å². The van der Waals surface area contributed by atoms with Crippen molar-refractivity contribution in [2.75, 3.05) is 21.3 Å². The lowest BCUT2D eigenvalue weighted by atomic mass is 10.1. The highest BCUT2D eigenvalue weighted by atomic mass is 16.5. The molecule has 2 aromatic carbocycles. The molecule has 2 aromatic rings. The number of carbonyl (C=O) groups excluding carboxylic acids is 1. The Bertz CT molecular complexity index is 615. The maximum atomic E-state index is 11.8.